The summed E-state index contributed by atoms with van der Waals surface area (Å²) in [6, 6.07) is 18.8. The molecule has 0 saturated heterocycles. The molecule has 0 heterocycles. The Balaban J connectivity index is 1.46. The average Bonchev–Trinajstić information content (AvgIpc) is 2.61. The summed E-state index contributed by atoms with van der Waals surface area (Å²) in [7, 11) is 1.43. The van der Waals surface area contributed by atoms with Crippen molar-refractivity contribution < 1.29 is 14.3 Å². The first-order valence-electron chi connectivity index (χ1n) is 9.00. The first kappa shape index (κ1) is 17.5. The van der Waals surface area contributed by atoms with Crippen LogP contribution in [0.5, 0.6) is 5.75 Å². The minimum Gasteiger partial charge on any atom is -0.493 e. The van der Waals surface area contributed by atoms with Crippen LogP contribution in [0.25, 0.3) is 0 Å². The number of carbonyl (C=O) groups excluding carboxylic acids is 1. The molecule has 1 aliphatic rings. The molecule has 0 aliphatic heterocycles. The van der Waals surface area contributed by atoms with Gasteiger partial charge in [0.05, 0.1) is 19.6 Å². The van der Waals surface area contributed by atoms with Gasteiger partial charge in [-0.05, 0) is 54.4 Å². The molecule has 1 unspecified atom stereocenters. The van der Waals surface area contributed by atoms with Gasteiger partial charge in [0, 0.05) is 0 Å². The van der Waals surface area contributed by atoms with Gasteiger partial charge >= 0.3 is 5.97 Å². The van der Waals surface area contributed by atoms with Gasteiger partial charge < -0.3 is 9.47 Å². The fourth-order valence-electron chi connectivity index (χ4n) is 3.48. The number of rotatable bonds is 7. The van der Waals surface area contributed by atoms with Crippen molar-refractivity contribution in [2.45, 2.75) is 32.1 Å². The Morgan fingerprint density at radius 2 is 1.88 bits per heavy atom. The number of hydrogen-bond acceptors (Lipinski definition) is 3. The lowest BCUT2D eigenvalue weighted by Crippen LogP contribution is -2.27. The van der Waals surface area contributed by atoms with Gasteiger partial charge in [-0.1, -0.05) is 49.4 Å². The van der Waals surface area contributed by atoms with Crippen molar-refractivity contribution in [3.05, 3.63) is 65.7 Å². The van der Waals surface area contributed by atoms with E-state index in [1.807, 2.05) is 31.2 Å². The monoisotopic (exact) mass is 338 g/mol. The molecule has 0 bridgehead atoms. The van der Waals surface area contributed by atoms with Gasteiger partial charge in [0.1, 0.15) is 5.75 Å². The second-order valence-electron chi connectivity index (χ2n) is 7.03. The van der Waals surface area contributed by atoms with Gasteiger partial charge in [-0.25, -0.2) is 0 Å². The van der Waals surface area contributed by atoms with E-state index in [9.17, 15) is 4.79 Å². The van der Waals surface area contributed by atoms with E-state index in [2.05, 4.69) is 30.3 Å². The summed E-state index contributed by atoms with van der Waals surface area (Å²) < 4.78 is 10.8. The molecular weight excluding hydrogens is 312 g/mol. The van der Waals surface area contributed by atoms with E-state index in [0.717, 1.165) is 17.9 Å². The Bertz CT molecular complexity index is 689. The van der Waals surface area contributed by atoms with Crippen LogP contribution in [0.15, 0.2) is 54.6 Å². The number of hydrogen-bond donors (Lipinski definition) is 0. The van der Waals surface area contributed by atoms with Gasteiger partial charge in [-0.15, -0.1) is 0 Å². The molecule has 1 saturated carbocycles. The van der Waals surface area contributed by atoms with Crippen molar-refractivity contribution in [1.29, 1.82) is 0 Å². The van der Waals surface area contributed by atoms with Crippen molar-refractivity contribution >= 4 is 5.97 Å². The second kappa shape index (κ2) is 8.19. The summed E-state index contributed by atoms with van der Waals surface area (Å²) in [5.41, 5.74) is 2.55. The Morgan fingerprint density at radius 1 is 1.12 bits per heavy atom. The first-order valence-corrected chi connectivity index (χ1v) is 9.00. The lowest BCUT2D eigenvalue weighted by Gasteiger charge is -2.35. The fraction of sp³-hybridized carbons (Fsp3) is 0.409. The summed E-state index contributed by atoms with van der Waals surface area (Å²) in [5.74, 6) is 1.88. The number of methoxy groups -OCH3 is 1. The maximum atomic E-state index is 11.6. The highest BCUT2D eigenvalue weighted by Crippen LogP contribution is 2.41. The van der Waals surface area contributed by atoms with E-state index in [4.69, 9.17) is 9.47 Å². The molecule has 3 rings (SSSR count). The maximum absolute atomic E-state index is 11.6. The second-order valence-corrected chi connectivity index (χ2v) is 7.03. The Labute approximate surface area is 150 Å². The minimum absolute atomic E-state index is 0.140. The zero-order valence-corrected chi connectivity index (χ0v) is 15.0. The number of ether oxygens (including phenoxy) is 2. The average molecular weight is 338 g/mol. The third kappa shape index (κ3) is 4.62. The maximum Gasteiger partial charge on any atom is 0.308 e. The van der Waals surface area contributed by atoms with Crippen LogP contribution >= 0.6 is 0 Å². The van der Waals surface area contributed by atoms with Crippen LogP contribution in [-0.4, -0.2) is 19.7 Å². The van der Waals surface area contributed by atoms with Crippen molar-refractivity contribution in [1.82, 2.24) is 0 Å². The van der Waals surface area contributed by atoms with E-state index >= 15 is 0 Å². The minimum atomic E-state index is -0.173. The summed E-state index contributed by atoms with van der Waals surface area (Å²) in [4.78, 5) is 11.6. The fourth-order valence-corrected chi connectivity index (χ4v) is 3.48. The molecule has 0 radical (unpaired) electrons. The number of carbonyl (C=O) groups is 1. The molecule has 2 aromatic carbocycles. The highest BCUT2D eigenvalue weighted by Gasteiger charge is 2.30. The molecule has 0 spiro atoms. The Kier molecular flexibility index (Phi) is 5.75. The standard InChI is InChI=1S/C22H26O3/c1-16(22(23)24-2)11-17-7-6-10-21(14-17)25-15-18-12-20(13-18)19-8-4-3-5-9-19/h3-10,14,16,18,20H,11-13,15H2,1-2H3. The molecule has 1 fully saturated rings. The SMILES string of the molecule is COC(=O)C(C)Cc1cccc(OCC2CC(c3ccccc3)C2)c1. The molecule has 3 heteroatoms. The molecule has 0 amide bonds. The van der Waals surface area contributed by atoms with Crippen molar-refractivity contribution in [2.24, 2.45) is 11.8 Å². The zero-order valence-electron chi connectivity index (χ0n) is 15.0. The number of benzene rings is 2. The Morgan fingerprint density at radius 3 is 2.60 bits per heavy atom. The van der Waals surface area contributed by atoms with Crippen LogP contribution in [0.1, 0.15) is 36.8 Å². The molecule has 0 aromatic heterocycles. The molecule has 1 aliphatic carbocycles. The quantitative estimate of drug-likeness (QED) is 0.692. The molecule has 2 aromatic rings. The van der Waals surface area contributed by atoms with E-state index in [1.54, 1.807) is 0 Å². The highest BCUT2D eigenvalue weighted by molar-refractivity contribution is 5.72. The van der Waals surface area contributed by atoms with E-state index in [-0.39, 0.29) is 11.9 Å². The lowest BCUT2D eigenvalue weighted by atomic mass is 9.72. The smallest absolute Gasteiger partial charge is 0.308 e. The lowest BCUT2D eigenvalue weighted by molar-refractivity contribution is -0.144. The van der Waals surface area contributed by atoms with Crippen LogP contribution in [0.4, 0.5) is 0 Å². The van der Waals surface area contributed by atoms with Crippen LogP contribution in [-0.2, 0) is 16.0 Å². The molecule has 1 atom stereocenters. The summed E-state index contributed by atoms with van der Waals surface area (Å²) in [6.45, 7) is 2.65. The third-order valence-electron chi connectivity index (χ3n) is 5.04. The highest BCUT2D eigenvalue weighted by atomic mass is 16.5. The van der Waals surface area contributed by atoms with Crippen molar-refractivity contribution in [2.75, 3.05) is 13.7 Å². The van der Waals surface area contributed by atoms with Crippen molar-refractivity contribution in [3.8, 4) is 5.75 Å². The van der Waals surface area contributed by atoms with Gasteiger partial charge in [0.15, 0.2) is 0 Å². The predicted octanol–water partition coefficient (Wildman–Crippen LogP) is 4.61. The van der Waals surface area contributed by atoms with E-state index < -0.39 is 0 Å². The summed E-state index contributed by atoms with van der Waals surface area (Å²) >= 11 is 0. The summed E-state index contributed by atoms with van der Waals surface area (Å²) in [5, 5.41) is 0. The van der Waals surface area contributed by atoms with Crippen LogP contribution < -0.4 is 4.74 Å². The molecule has 132 valence electrons. The van der Waals surface area contributed by atoms with E-state index in [1.165, 1.54) is 25.5 Å². The predicted molar refractivity (Wildman–Crippen MR) is 98.7 cm³/mol. The van der Waals surface area contributed by atoms with Gasteiger partial charge in [0.2, 0.25) is 0 Å². The molecule has 3 nitrogen and oxygen atoms in total. The Hall–Kier alpha value is -2.29. The van der Waals surface area contributed by atoms with E-state index in [0.29, 0.717) is 18.3 Å². The zero-order chi connectivity index (χ0) is 17.6. The van der Waals surface area contributed by atoms with Crippen molar-refractivity contribution in [3.63, 3.8) is 0 Å². The van der Waals surface area contributed by atoms with Gasteiger partial charge in [0.25, 0.3) is 0 Å². The first-order chi connectivity index (χ1) is 12.2. The molecular formula is C22H26O3. The third-order valence-corrected chi connectivity index (χ3v) is 5.04. The number of esters is 1. The summed E-state index contributed by atoms with van der Waals surface area (Å²) in [6.07, 6.45) is 3.07. The molecule has 25 heavy (non-hydrogen) atoms. The normalized spacial score (nSPS) is 20.4. The van der Waals surface area contributed by atoms with Crippen LogP contribution in [0.2, 0.25) is 0 Å². The van der Waals surface area contributed by atoms with Gasteiger partial charge in [-0.3, -0.25) is 4.79 Å². The van der Waals surface area contributed by atoms with Crippen LogP contribution in [0.3, 0.4) is 0 Å². The largest absolute Gasteiger partial charge is 0.493 e. The molecule has 0 N–H and O–H groups in total. The van der Waals surface area contributed by atoms with Gasteiger partial charge in [-0.2, -0.15) is 0 Å². The topological polar surface area (TPSA) is 35.5 Å². The van der Waals surface area contributed by atoms with Crippen LogP contribution in [0, 0.1) is 11.8 Å².